The van der Waals surface area contributed by atoms with E-state index in [2.05, 4.69) is 10.6 Å². The highest BCUT2D eigenvalue weighted by Gasteiger charge is 2.34. The Balaban J connectivity index is 0.00000180. The lowest BCUT2D eigenvalue weighted by Gasteiger charge is -2.37. The van der Waals surface area contributed by atoms with Crippen molar-refractivity contribution < 1.29 is 9.53 Å². The number of amides is 1. The monoisotopic (exact) mass is 284 g/mol. The summed E-state index contributed by atoms with van der Waals surface area (Å²) < 4.78 is 5.92. The van der Waals surface area contributed by atoms with Crippen LogP contribution in [0.4, 0.5) is 0 Å². The van der Waals surface area contributed by atoms with Crippen LogP contribution in [0.3, 0.4) is 0 Å². The maximum absolute atomic E-state index is 11.7. The van der Waals surface area contributed by atoms with Crippen molar-refractivity contribution in [1.29, 1.82) is 0 Å². The van der Waals surface area contributed by atoms with Gasteiger partial charge in [0.1, 0.15) is 11.4 Å². The minimum atomic E-state index is -0.258. The molecule has 0 saturated carbocycles. The average Bonchev–Trinajstić information content (AvgIpc) is 2.27. The van der Waals surface area contributed by atoms with Gasteiger partial charge in [0.15, 0.2) is 0 Å². The quantitative estimate of drug-likeness (QED) is 0.893. The average molecular weight is 285 g/mol. The van der Waals surface area contributed by atoms with E-state index in [1.54, 1.807) is 7.05 Å². The van der Waals surface area contributed by atoms with Crippen LogP contribution in [0, 0.1) is 0 Å². The third-order valence-electron chi connectivity index (χ3n) is 3.05. The summed E-state index contributed by atoms with van der Waals surface area (Å²) in [6, 6.07) is 7.90. The second-order valence-electron chi connectivity index (χ2n) is 5.25. The largest absolute Gasteiger partial charge is 0.487 e. The molecule has 0 aromatic heterocycles. The minimum absolute atomic E-state index is 0. The zero-order valence-electron chi connectivity index (χ0n) is 11.5. The topological polar surface area (TPSA) is 50.4 Å². The van der Waals surface area contributed by atoms with E-state index in [0.29, 0.717) is 6.54 Å². The van der Waals surface area contributed by atoms with Gasteiger partial charge in [-0.25, -0.2) is 0 Å². The number of nitrogens with one attached hydrogen (secondary N) is 2. The second-order valence-corrected chi connectivity index (χ2v) is 5.25. The standard InChI is InChI=1S/C14H20N2O2.ClH/c1-14(2)8-11(16-13(17)9-15-3)10-6-4-5-7-12(10)18-14;/h4-7,11,15H,8-9H2,1-3H3,(H,16,17);1H. The van der Waals surface area contributed by atoms with Gasteiger partial charge in [-0.15, -0.1) is 12.4 Å². The van der Waals surface area contributed by atoms with Crippen LogP contribution < -0.4 is 15.4 Å². The van der Waals surface area contributed by atoms with E-state index in [4.69, 9.17) is 4.74 Å². The van der Waals surface area contributed by atoms with Gasteiger partial charge >= 0.3 is 0 Å². The SMILES string of the molecule is CNCC(=O)NC1CC(C)(C)Oc2ccccc21.Cl. The lowest BCUT2D eigenvalue weighted by Crippen LogP contribution is -2.43. The van der Waals surface area contributed by atoms with Crippen molar-refractivity contribution in [1.82, 2.24) is 10.6 Å². The van der Waals surface area contributed by atoms with E-state index in [9.17, 15) is 4.79 Å². The molecular weight excluding hydrogens is 264 g/mol. The molecule has 19 heavy (non-hydrogen) atoms. The Morgan fingerprint density at radius 1 is 1.42 bits per heavy atom. The molecule has 0 spiro atoms. The molecule has 1 heterocycles. The highest BCUT2D eigenvalue weighted by atomic mass is 35.5. The number of ether oxygens (including phenoxy) is 1. The maximum atomic E-state index is 11.7. The van der Waals surface area contributed by atoms with Gasteiger partial charge < -0.3 is 15.4 Å². The van der Waals surface area contributed by atoms with Gasteiger partial charge in [0.25, 0.3) is 0 Å². The fourth-order valence-electron chi connectivity index (χ4n) is 2.34. The van der Waals surface area contributed by atoms with Crippen LogP contribution in [0.25, 0.3) is 0 Å². The van der Waals surface area contributed by atoms with E-state index < -0.39 is 0 Å². The Labute approximate surface area is 120 Å². The lowest BCUT2D eigenvalue weighted by atomic mass is 9.89. The summed E-state index contributed by atoms with van der Waals surface area (Å²) in [7, 11) is 1.77. The first-order valence-electron chi connectivity index (χ1n) is 6.24. The molecule has 0 radical (unpaired) electrons. The van der Waals surface area contributed by atoms with E-state index in [-0.39, 0.29) is 30.0 Å². The van der Waals surface area contributed by atoms with Crippen molar-refractivity contribution in [2.45, 2.75) is 31.9 Å². The number of halogens is 1. The van der Waals surface area contributed by atoms with E-state index in [0.717, 1.165) is 17.7 Å². The lowest BCUT2D eigenvalue weighted by molar-refractivity contribution is -0.121. The molecule has 1 atom stereocenters. The molecule has 2 N–H and O–H groups in total. The highest BCUT2D eigenvalue weighted by molar-refractivity contribution is 5.85. The van der Waals surface area contributed by atoms with Crippen molar-refractivity contribution >= 4 is 18.3 Å². The Morgan fingerprint density at radius 2 is 2.11 bits per heavy atom. The van der Waals surface area contributed by atoms with Gasteiger partial charge in [-0.2, -0.15) is 0 Å². The molecule has 5 heteroatoms. The van der Waals surface area contributed by atoms with Gasteiger partial charge in [-0.05, 0) is 27.0 Å². The zero-order valence-corrected chi connectivity index (χ0v) is 12.3. The summed E-state index contributed by atoms with van der Waals surface area (Å²) in [5.41, 5.74) is 0.799. The Kier molecular flexibility index (Phi) is 5.20. The number of hydrogen-bond acceptors (Lipinski definition) is 3. The summed E-state index contributed by atoms with van der Waals surface area (Å²) in [4.78, 5) is 11.7. The summed E-state index contributed by atoms with van der Waals surface area (Å²) in [5, 5.41) is 5.91. The molecule has 0 saturated heterocycles. The Hall–Kier alpha value is -1.26. The van der Waals surface area contributed by atoms with Crippen molar-refractivity contribution in [2.24, 2.45) is 0 Å². The molecular formula is C14H21ClN2O2. The molecule has 1 aliphatic heterocycles. The van der Waals surface area contributed by atoms with Crippen LogP contribution in [0.1, 0.15) is 31.9 Å². The first kappa shape index (κ1) is 15.8. The fourth-order valence-corrected chi connectivity index (χ4v) is 2.34. The molecule has 0 aliphatic carbocycles. The molecule has 4 nitrogen and oxygen atoms in total. The highest BCUT2D eigenvalue weighted by Crippen LogP contribution is 2.38. The molecule has 0 bridgehead atoms. The van der Waals surface area contributed by atoms with Crippen LogP contribution >= 0.6 is 12.4 Å². The summed E-state index contributed by atoms with van der Waals surface area (Å²) >= 11 is 0. The fraction of sp³-hybridized carbons (Fsp3) is 0.500. The molecule has 1 amide bonds. The van der Waals surface area contributed by atoms with Gasteiger partial charge in [-0.1, -0.05) is 18.2 Å². The molecule has 1 aromatic carbocycles. The van der Waals surface area contributed by atoms with Gasteiger partial charge in [0.2, 0.25) is 5.91 Å². The molecule has 106 valence electrons. The smallest absolute Gasteiger partial charge is 0.234 e. The zero-order chi connectivity index (χ0) is 13.2. The van der Waals surface area contributed by atoms with Crippen molar-refractivity contribution in [3.8, 4) is 5.75 Å². The third-order valence-corrected chi connectivity index (χ3v) is 3.05. The number of para-hydroxylation sites is 1. The summed E-state index contributed by atoms with van der Waals surface area (Å²) in [6.07, 6.45) is 0.777. The van der Waals surface area contributed by atoms with Crippen LogP contribution in [0.5, 0.6) is 5.75 Å². The predicted octanol–water partition coefficient (Wildman–Crippen LogP) is 2.05. The maximum Gasteiger partial charge on any atom is 0.234 e. The predicted molar refractivity (Wildman–Crippen MR) is 77.8 cm³/mol. The van der Waals surface area contributed by atoms with Crippen LogP contribution in [-0.2, 0) is 4.79 Å². The number of benzene rings is 1. The number of rotatable bonds is 3. The normalized spacial score (nSPS) is 19.6. The summed E-state index contributed by atoms with van der Waals surface area (Å²) in [6.45, 7) is 4.42. The molecule has 0 fully saturated rings. The molecule has 1 aromatic rings. The number of likely N-dealkylation sites (N-methyl/N-ethyl adjacent to an activating group) is 1. The molecule has 1 aliphatic rings. The van der Waals surface area contributed by atoms with Crippen molar-refractivity contribution in [3.63, 3.8) is 0 Å². The van der Waals surface area contributed by atoms with Crippen LogP contribution in [0.2, 0.25) is 0 Å². The van der Waals surface area contributed by atoms with E-state index in [1.807, 2.05) is 38.1 Å². The van der Waals surface area contributed by atoms with Crippen LogP contribution in [0.15, 0.2) is 24.3 Å². The molecule has 1 unspecified atom stereocenters. The second kappa shape index (κ2) is 6.26. The molecule has 2 rings (SSSR count). The number of carbonyl (C=O) groups is 1. The minimum Gasteiger partial charge on any atom is -0.487 e. The van der Waals surface area contributed by atoms with Gasteiger partial charge in [-0.3, -0.25) is 4.79 Å². The first-order chi connectivity index (χ1) is 8.52. The van der Waals surface area contributed by atoms with Crippen molar-refractivity contribution in [2.75, 3.05) is 13.6 Å². The first-order valence-corrected chi connectivity index (χ1v) is 6.24. The number of hydrogen-bond donors (Lipinski definition) is 2. The van der Waals surface area contributed by atoms with Crippen molar-refractivity contribution in [3.05, 3.63) is 29.8 Å². The number of fused-ring (bicyclic) bond motifs is 1. The van der Waals surface area contributed by atoms with Gasteiger partial charge in [0.05, 0.1) is 12.6 Å². The Morgan fingerprint density at radius 3 is 2.79 bits per heavy atom. The number of carbonyl (C=O) groups excluding carboxylic acids is 1. The van der Waals surface area contributed by atoms with Crippen LogP contribution in [-0.4, -0.2) is 25.1 Å². The van der Waals surface area contributed by atoms with Gasteiger partial charge in [0, 0.05) is 12.0 Å². The van der Waals surface area contributed by atoms with E-state index in [1.165, 1.54) is 0 Å². The van der Waals surface area contributed by atoms with E-state index >= 15 is 0 Å². The Bertz CT molecular complexity index is 449. The summed E-state index contributed by atoms with van der Waals surface area (Å²) in [5.74, 6) is 0.874. The third kappa shape index (κ3) is 3.85.